The van der Waals surface area contributed by atoms with Crippen molar-refractivity contribution in [1.82, 2.24) is 0 Å². The number of allylic oxidation sites excluding steroid dienone is 4. The maximum Gasteiger partial charge on any atom is 0.0929 e. The number of hydrogen-bond donors (Lipinski definition) is 3. The van der Waals surface area contributed by atoms with Gasteiger partial charge in [0.05, 0.1) is 26.5 Å². The van der Waals surface area contributed by atoms with E-state index >= 15 is 0 Å². The summed E-state index contributed by atoms with van der Waals surface area (Å²) in [5.41, 5.74) is 3.28. The maximum atomic E-state index is 9.07. The zero-order valence-electron chi connectivity index (χ0n) is 13.4. The monoisotopic (exact) mass is 303 g/mol. The van der Waals surface area contributed by atoms with E-state index in [-0.39, 0.29) is 13.2 Å². The SMILES string of the molecule is C/C=C(\C=C/[NH2+]C)/C=C/c1ccc(N(CCO)CCO)cc1. The van der Waals surface area contributed by atoms with Crippen LogP contribution in [0.1, 0.15) is 12.5 Å². The molecular formula is C18H27N2O2+. The zero-order chi connectivity index (χ0) is 16.2. The lowest BCUT2D eigenvalue weighted by Crippen LogP contribution is -2.72. The molecule has 1 aromatic carbocycles. The molecule has 0 heterocycles. The van der Waals surface area contributed by atoms with Gasteiger partial charge in [0, 0.05) is 18.8 Å². The number of aliphatic hydroxyl groups excluding tert-OH is 2. The van der Waals surface area contributed by atoms with Crippen LogP contribution in [0.25, 0.3) is 6.08 Å². The predicted molar refractivity (Wildman–Crippen MR) is 92.6 cm³/mol. The van der Waals surface area contributed by atoms with Crippen LogP contribution in [0.4, 0.5) is 5.69 Å². The van der Waals surface area contributed by atoms with Crippen LogP contribution in [0.2, 0.25) is 0 Å². The molecule has 0 atom stereocenters. The zero-order valence-corrected chi connectivity index (χ0v) is 13.4. The first-order valence-electron chi connectivity index (χ1n) is 7.62. The Labute approximate surface area is 133 Å². The van der Waals surface area contributed by atoms with Gasteiger partial charge in [-0.25, -0.2) is 0 Å². The molecule has 0 aliphatic heterocycles. The van der Waals surface area contributed by atoms with E-state index < -0.39 is 0 Å². The number of quaternary nitrogens is 1. The standard InChI is InChI=1S/C18H26N2O2/c1-3-16(10-11-19-2)4-5-17-6-8-18(9-7-17)20(12-14-21)13-15-22/h3-11,19,21-22H,12-15H2,1-2H3/p+1/b5-4+,11-10-,16-3-. The van der Waals surface area contributed by atoms with Crippen molar-refractivity contribution in [3.63, 3.8) is 0 Å². The van der Waals surface area contributed by atoms with E-state index in [1.54, 1.807) is 0 Å². The fourth-order valence-corrected chi connectivity index (χ4v) is 2.06. The van der Waals surface area contributed by atoms with Gasteiger partial charge in [-0.3, -0.25) is 0 Å². The van der Waals surface area contributed by atoms with Gasteiger partial charge in [0.15, 0.2) is 0 Å². The molecule has 0 amide bonds. The average molecular weight is 303 g/mol. The molecule has 0 aliphatic rings. The van der Waals surface area contributed by atoms with E-state index in [2.05, 4.69) is 24.3 Å². The number of benzene rings is 1. The molecule has 0 aliphatic carbocycles. The first-order chi connectivity index (χ1) is 10.7. The van der Waals surface area contributed by atoms with E-state index in [1.807, 2.05) is 54.7 Å². The van der Waals surface area contributed by atoms with Gasteiger partial charge in [-0.15, -0.1) is 0 Å². The summed E-state index contributed by atoms with van der Waals surface area (Å²) in [4.78, 5) is 1.96. The Morgan fingerprint density at radius 3 is 2.23 bits per heavy atom. The lowest BCUT2D eigenvalue weighted by atomic mass is 10.1. The minimum absolute atomic E-state index is 0.0765. The fourth-order valence-electron chi connectivity index (χ4n) is 2.06. The van der Waals surface area contributed by atoms with Crippen LogP contribution < -0.4 is 10.2 Å². The molecule has 1 rings (SSSR count). The predicted octanol–water partition coefficient (Wildman–Crippen LogP) is 1.14. The van der Waals surface area contributed by atoms with Gasteiger partial charge in [-0.05, 0) is 36.3 Å². The second-order valence-electron chi connectivity index (χ2n) is 4.84. The van der Waals surface area contributed by atoms with Crippen LogP contribution in [-0.4, -0.2) is 43.6 Å². The molecule has 0 aromatic heterocycles. The maximum absolute atomic E-state index is 9.07. The number of nitrogens with two attached hydrogens (primary N) is 1. The molecule has 4 heteroatoms. The third-order valence-electron chi connectivity index (χ3n) is 3.28. The Morgan fingerprint density at radius 2 is 1.73 bits per heavy atom. The number of hydrogen-bond acceptors (Lipinski definition) is 3. The van der Waals surface area contributed by atoms with Gasteiger partial charge >= 0.3 is 0 Å². The van der Waals surface area contributed by atoms with Crippen LogP contribution in [0, 0.1) is 0 Å². The highest BCUT2D eigenvalue weighted by atomic mass is 16.3. The van der Waals surface area contributed by atoms with Crippen molar-refractivity contribution < 1.29 is 15.5 Å². The van der Waals surface area contributed by atoms with Gasteiger partial charge in [-0.1, -0.05) is 30.4 Å². The summed E-state index contributed by atoms with van der Waals surface area (Å²) in [6, 6.07) is 8.10. The third kappa shape index (κ3) is 6.26. The van der Waals surface area contributed by atoms with E-state index in [0.29, 0.717) is 13.1 Å². The Bertz CT molecular complexity index is 498. The summed E-state index contributed by atoms with van der Waals surface area (Å²) in [5.74, 6) is 0. The van der Waals surface area contributed by atoms with Gasteiger partial charge in [0.2, 0.25) is 0 Å². The van der Waals surface area contributed by atoms with Crippen LogP contribution in [0.5, 0.6) is 0 Å². The lowest BCUT2D eigenvalue weighted by molar-refractivity contribution is -0.556. The molecule has 0 spiro atoms. The summed E-state index contributed by atoms with van der Waals surface area (Å²) >= 11 is 0. The number of rotatable bonds is 9. The highest BCUT2D eigenvalue weighted by Gasteiger charge is 2.04. The highest BCUT2D eigenvalue weighted by Crippen LogP contribution is 2.16. The summed E-state index contributed by atoms with van der Waals surface area (Å²) in [6.07, 6.45) is 10.3. The first-order valence-corrected chi connectivity index (χ1v) is 7.62. The Hall–Kier alpha value is -1.88. The first kappa shape index (κ1) is 18.2. The van der Waals surface area contributed by atoms with Crippen molar-refractivity contribution in [2.24, 2.45) is 0 Å². The Kier molecular flexibility index (Phi) is 8.91. The van der Waals surface area contributed by atoms with Crippen molar-refractivity contribution in [2.45, 2.75) is 6.92 Å². The molecular weight excluding hydrogens is 276 g/mol. The molecule has 1 aromatic rings. The number of aliphatic hydroxyl groups is 2. The molecule has 4 N–H and O–H groups in total. The molecule has 22 heavy (non-hydrogen) atoms. The third-order valence-corrected chi connectivity index (χ3v) is 3.28. The van der Waals surface area contributed by atoms with Gasteiger partial charge in [0.25, 0.3) is 0 Å². The average Bonchev–Trinajstić information content (AvgIpc) is 2.55. The molecule has 4 nitrogen and oxygen atoms in total. The fraction of sp³-hybridized carbons (Fsp3) is 0.333. The second kappa shape index (κ2) is 10.8. The Balaban J connectivity index is 2.77. The number of nitrogens with zero attached hydrogens (tertiary/aromatic N) is 1. The van der Waals surface area contributed by atoms with Gasteiger partial charge in [0.1, 0.15) is 0 Å². The van der Waals surface area contributed by atoms with E-state index in [0.717, 1.165) is 16.8 Å². The van der Waals surface area contributed by atoms with Crippen molar-refractivity contribution in [2.75, 3.05) is 38.3 Å². The van der Waals surface area contributed by atoms with Gasteiger partial charge < -0.3 is 20.4 Å². The van der Waals surface area contributed by atoms with Crippen LogP contribution in [-0.2, 0) is 0 Å². The summed E-state index contributed by atoms with van der Waals surface area (Å²) in [7, 11) is 2.00. The quantitative estimate of drug-likeness (QED) is 0.600. The molecule has 0 radical (unpaired) electrons. The topological polar surface area (TPSA) is 60.3 Å². The van der Waals surface area contributed by atoms with Crippen LogP contribution >= 0.6 is 0 Å². The van der Waals surface area contributed by atoms with Crippen molar-refractivity contribution in [3.8, 4) is 0 Å². The highest BCUT2D eigenvalue weighted by molar-refractivity contribution is 5.58. The molecule has 0 saturated carbocycles. The Morgan fingerprint density at radius 1 is 1.09 bits per heavy atom. The normalized spacial score (nSPS) is 12.5. The van der Waals surface area contributed by atoms with Crippen molar-refractivity contribution >= 4 is 11.8 Å². The van der Waals surface area contributed by atoms with Gasteiger partial charge in [-0.2, -0.15) is 0 Å². The summed E-state index contributed by atoms with van der Waals surface area (Å²) in [5, 5.41) is 20.1. The molecule has 0 bridgehead atoms. The van der Waals surface area contributed by atoms with Crippen LogP contribution in [0.3, 0.4) is 0 Å². The van der Waals surface area contributed by atoms with E-state index in [1.165, 1.54) is 0 Å². The van der Waals surface area contributed by atoms with E-state index in [4.69, 9.17) is 10.2 Å². The van der Waals surface area contributed by atoms with Crippen molar-refractivity contribution in [3.05, 3.63) is 59.8 Å². The molecule has 0 saturated heterocycles. The second-order valence-corrected chi connectivity index (χ2v) is 4.84. The minimum atomic E-state index is 0.0765. The smallest absolute Gasteiger partial charge is 0.0929 e. The molecule has 120 valence electrons. The van der Waals surface area contributed by atoms with E-state index in [9.17, 15) is 0 Å². The summed E-state index contributed by atoms with van der Waals surface area (Å²) < 4.78 is 0. The molecule has 0 unspecified atom stereocenters. The lowest BCUT2D eigenvalue weighted by Gasteiger charge is -2.22. The number of anilines is 1. The van der Waals surface area contributed by atoms with Crippen LogP contribution in [0.15, 0.2) is 54.3 Å². The largest absolute Gasteiger partial charge is 0.395 e. The van der Waals surface area contributed by atoms with Crippen molar-refractivity contribution in [1.29, 1.82) is 0 Å². The molecule has 0 fully saturated rings. The minimum Gasteiger partial charge on any atom is -0.395 e. The summed E-state index contributed by atoms with van der Waals surface area (Å²) in [6.45, 7) is 3.22.